The predicted molar refractivity (Wildman–Crippen MR) is 75.9 cm³/mol. The van der Waals surface area contributed by atoms with Gasteiger partial charge in [-0.05, 0) is 35.4 Å². The summed E-state index contributed by atoms with van der Waals surface area (Å²) >= 11 is 0. The van der Waals surface area contributed by atoms with E-state index in [1.807, 2.05) is 36.4 Å². The van der Waals surface area contributed by atoms with Crippen molar-refractivity contribution in [1.82, 2.24) is 0 Å². The third-order valence-corrected chi connectivity index (χ3v) is 2.78. The molecule has 0 aliphatic carbocycles. The second-order valence-corrected chi connectivity index (χ2v) is 4.10. The van der Waals surface area contributed by atoms with Crippen molar-refractivity contribution < 1.29 is 19.0 Å². The summed E-state index contributed by atoms with van der Waals surface area (Å²) in [7, 11) is 1.64. The maximum Gasteiger partial charge on any atom is 0.298 e. The van der Waals surface area contributed by atoms with Crippen LogP contribution in [0.15, 0.2) is 48.5 Å². The van der Waals surface area contributed by atoms with Crippen molar-refractivity contribution >= 4 is 6.47 Å². The molecule has 2 rings (SSSR count). The Hall–Kier alpha value is -2.33. The first-order chi connectivity index (χ1) is 9.83. The van der Waals surface area contributed by atoms with Crippen molar-refractivity contribution in [2.24, 2.45) is 0 Å². The Morgan fingerprint density at radius 2 is 1.40 bits per heavy atom. The van der Waals surface area contributed by atoms with E-state index >= 15 is 0 Å². The van der Waals surface area contributed by atoms with Gasteiger partial charge in [-0.2, -0.15) is 0 Å². The van der Waals surface area contributed by atoms with Gasteiger partial charge >= 0.3 is 0 Å². The molecule has 0 aliphatic rings. The molecule has 0 radical (unpaired) electrons. The lowest BCUT2D eigenvalue weighted by Crippen LogP contribution is -2.03. The Balaban J connectivity index is 2.03. The van der Waals surface area contributed by atoms with Gasteiger partial charge in [0.25, 0.3) is 6.47 Å². The molecule has 0 heterocycles. The lowest BCUT2D eigenvalue weighted by molar-refractivity contribution is -0.120. The highest BCUT2D eigenvalue weighted by atomic mass is 16.5. The van der Waals surface area contributed by atoms with E-state index in [0.29, 0.717) is 25.4 Å². The van der Waals surface area contributed by atoms with Crippen LogP contribution < -0.4 is 9.47 Å². The molecule has 0 saturated heterocycles. The van der Waals surface area contributed by atoms with Gasteiger partial charge in [0, 0.05) is 7.11 Å². The fraction of sp³-hybridized carbons (Fsp3) is 0.188. The molecule has 0 N–H and O–H groups in total. The van der Waals surface area contributed by atoms with E-state index in [9.17, 15) is 4.79 Å². The van der Waals surface area contributed by atoms with E-state index in [0.717, 1.165) is 16.9 Å². The standard InChI is InChI=1S/C16H16O4/c1-18-10-11-19-15-6-2-13(3-7-15)14-4-8-16(9-5-14)20-12-17/h2-9,12H,10-11H2,1H3. The second-order valence-electron chi connectivity index (χ2n) is 4.10. The molecule has 0 unspecified atom stereocenters. The van der Waals surface area contributed by atoms with Crippen LogP contribution in [0.25, 0.3) is 11.1 Å². The van der Waals surface area contributed by atoms with Crippen molar-refractivity contribution in [1.29, 1.82) is 0 Å². The smallest absolute Gasteiger partial charge is 0.298 e. The molecule has 0 saturated carbocycles. The zero-order valence-corrected chi connectivity index (χ0v) is 11.2. The quantitative estimate of drug-likeness (QED) is 0.574. The summed E-state index contributed by atoms with van der Waals surface area (Å²) in [5, 5.41) is 0. The number of benzene rings is 2. The molecule has 0 spiro atoms. The zero-order chi connectivity index (χ0) is 14.2. The number of rotatable bonds is 7. The summed E-state index contributed by atoms with van der Waals surface area (Å²) in [6.45, 7) is 1.52. The van der Waals surface area contributed by atoms with Gasteiger partial charge in [0.05, 0.1) is 6.61 Å². The minimum Gasteiger partial charge on any atom is -0.491 e. The van der Waals surface area contributed by atoms with Crippen LogP contribution in [0.4, 0.5) is 0 Å². The Labute approximate surface area is 117 Å². The highest BCUT2D eigenvalue weighted by Crippen LogP contribution is 2.24. The van der Waals surface area contributed by atoms with Crippen LogP contribution >= 0.6 is 0 Å². The van der Waals surface area contributed by atoms with Crippen molar-refractivity contribution in [3.05, 3.63) is 48.5 Å². The van der Waals surface area contributed by atoms with Gasteiger partial charge in [0.1, 0.15) is 18.1 Å². The third-order valence-electron chi connectivity index (χ3n) is 2.78. The Bertz CT molecular complexity index is 531. The fourth-order valence-corrected chi connectivity index (χ4v) is 1.77. The molecular weight excluding hydrogens is 256 g/mol. The number of methoxy groups -OCH3 is 1. The molecule has 20 heavy (non-hydrogen) atoms. The minimum absolute atomic E-state index is 0.418. The SMILES string of the molecule is COCCOc1ccc(-c2ccc(OC=O)cc2)cc1. The van der Waals surface area contributed by atoms with Crippen LogP contribution in [0.2, 0.25) is 0 Å². The summed E-state index contributed by atoms with van der Waals surface area (Å²) in [6, 6.07) is 15.1. The molecule has 4 nitrogen and oxygen atoms in total. The average molecular weight is 272 g/mol. The molecule has 0 amide bonds. The van der Waals surface area contributed by atoms with Gasteiger partial charge in [-0.15, -0.1) is 0 Å². The highest BCUT2D eigenvalue weighted by molar-refractivity contribution is 5.65. The molecule has 104 valence electrons. The van der Waals surface area contributed by atoms with Gasteiger partial charge in [0.2, 0.25) is 0 Å². The van der Waals surface area contributed by atoms with Crippen LogP contribution in [0.1, 0.15) is 0 Å². The lowest BCUT2D eigenvalue weighted by Gasteiger charge is -2.07. The van der Waals surface area contributed by atoms with E-state index in [1.165, 1.54) is 0 Å². The highest BCUT2D eigenvalue weighted by Gasteiger charge is 2.00. The number of hydrogen-bond acceptors (Lipinski definition) is 4. The van der Waals surface area contributed by atoms with E-state index in [1.54, 1.807) is 19.2 Å². The van der Waals surface area contributed by atoms with Crippen LogP contribution in [0.5, 0.6) is 11.5 Å². The minimum atomic E-state index is 0.418. The Morgan fingerprint density at radius 1 is 0.850 bits per heavy atom. The molecule has 0 bridgehead atoms. The van der Waals surface area contributed by atoms with Crippen LogP contribution in [0.3, 0.4) is 0 Å². The summed E-state index contributed by atoms with van der Waals surface area (Å²) in [6.07, 6.45) is 0. The van der Waals surface area contributed by atoms with Gasteiger partial charge in [-0.3, -0.25) is 4.79 Å². The number of hydrogen-bond donors (Lipinski definition) is 0. The monoisotopic (exact) mass is 272 g/mol. The van der Waals surface area contributed by atoms with Crippen LogP contribution in [0, 0.1) is 0 Å². The van der Waals surface area contributed by atoms with Crippen LogP contribution in [-0.2, 0) is 9.53 Å². The normalized spacial score (nSPS) is 10.1. The molecule has 4 heteroatoms. The Kier molecular flexibility index (Phi) is 5.15. The summed E-state index contributed by atoms with van der Waals surface area (Å²) < 4.78 is 15.2. The first kappa shape index (κ1) is 14.1. The zero-order valence-electron chi connectivity index (χ0n) is 11.2. The molecule has 2 aromatic carbocycles. The molecule has 0 atom stereocenters. The van der Waals surface area contributed by atoms with E-state index in [2.05, 4.69) is 0 Å². The van der Waals surface area contributed by atoms with Gasteiger partial charge in [-0.25, -0.2) is 0 Å². The van der Waals surface area contributed by atoms with E-state index in [4.69, 9.17) is 14.2 Å². The topological polar surface area (TPSA) is 44.8 Å². The van der Waals surface area contributed by atoms with Crippen molar-refractivity contribution in [2.75, 3.05) is 20.3 Å². The molecule has 0 fully saturated rings. The second kappa shape index (κ2) is 7.31. The molecule has 2 aromatic rings. The maximum absolute atomic E-state index is 10.2. The van der Waals surface area contributed by atoms with E-state index in [-0.39, 0.29) is 0 Å². The van der Waals surface area contributed by atoms with Crippen molar-refractivity contribution in [3.8, 4) is 22.6 Å². The summed E-state index contributed by atoms with van der Waals surface area (Å²) in [4.78, 5) is 10.2. The van der Waals surface area contributed by atoms with Gasteiger partial charge < -0.3 is 14.2 Å². The maximum atomic E-state index is 10.2. The fourth-order valence-electron chi connectivity index (χ4n) is 1.77. The number of carbonyl (C=O) groups is 1. The summed E-state index contributed by atoms with van der Waals surface area (Å²) in [5.41, 5.74) is 2.12. The largest absolute Gasteiger partial charge is 0.491 e. The third kappa shape index (κ3) is 3.83. The predicted octanol–water partition coefficient (Wildman–Crippen LogP) is 2.91. The number of ether oxygens (including phenoxy) is 3. The van der Waals surface area contributed by atoms with Crippen molar-refractivity contribution in [2.45, 2.75) is 0 Å². The first-order valence-electron chi connectivity index (χ1n) is 6.26. The number of carbonyl (C=O) groups excluding carboxylic acids is 1. The molecular formula is C16H16O4. The Morgan fingerprint density at radius 3 is 1.90 bits per heavy atom. The lowest BCUT2D eigenvalue weighted by atomic mass is 10.1. The van der Waals surface area contributed by atoms with Gasteiger partial charge in [-0.1, -0.05) is 24.3 Å². The van der Waals surface area contributed by atoms with E-state index < -0.39 is 0 Å². The van der Waals surface area contributed by atoms with Crippen LogP contribution in [-0.4, -0.2) is 26.8 Å². The first-order valence-corrected chi connectivity index (χ1v) is 6.26. The molecule has 0 aliphatic heterocycles. The van der Waals surface area contributed by atoms with Crippen molar-refractivity contribution in [3.63, 3.8) is 0 Å². The van der Waals surface area contributed by atoms with Gasteiger partial charge in [0.15, 0.2) is 0 Å². The summed E-state index contributed by atoms with van der Waals surface area (Å²) in [5.74, 6) is 1.34. The average Bonchev–Trinajstić information content (AvgIpc) is 2.49. The molecule has 0 aromatic heterocycles.